The summed E-state index contributed by atoms with van der Waals surface area (Å²) in [5.74, 6) is -0.165. The molecule has 0 spiro atoms. The third-order valence-electron chi connectivity index (χ3n) is 2.57. The van der Waals surface area contributed by atoms with E-state index in [4.69, 9.17) is 14.3 Å². The van der Waals surface area contributed by atoms with Gasteiger partial charge < -0.3 is 14.3 Å². The van der Waals surface area contributed by atoms with Crippen molar-refractivity contribution in [3.8, 4) is 5.75 Å². The van der Waals surface area contributed by atoms with E-state index in [2.05, 4.69) is 0 Å². The van der Waals surface area contributed by atoms with E-state index in [0.29, 0.717) is 24.2 Å². The summed E-state index contributed by atoms with van der Waals surface area (Å²) in [7, 11) is 1.55. The lowest BCUT2D eigenvalue weighted by molar-refractivity contribution is -0.137. The van der Waals surface area contributed by atoms with E-state index in [0.717, 1.165) is 21.6 Å². The van der Waals surface area contributed by atoms with Crippen LogP contribution in [0.25, 0.3) is 10.3 Å². The zero-order valence-corrected chi connectivity index (χ0v) is 10.6. The first-order valence-corrected chi connectivity index (χ1v) is 6.24. The molecule has 6 heteroatoms. The maximum Gasteiger partial charge on any atom is 0.396 e. The van der Waals surface area contributed by atoms with Crippen molar-refractivity contribution in [1.29, 1.82) is 0 Å². The van der Waals surface area contributed by atoms with E-state index in [1.54, 1.807) is 19.2 Å². The number of rotatable bonds is 5. The number of carboxylic acids is 1. The van der Waals surface area contributed by atoms with E-state index in [9.17, 15) is 9.59 Å². The van der Waals surface area contributed by atoms with Crippen LogP contribution in [0.3, 0.4) is 0 Å². The molecule has 0 aliphatic carbocycles. The number of hydrogen-bond donors (Lipinski definition) is 1. The highest BCUT2D eigenvalue weighted by atomic mass is 32.1. The van der Waals surface area contributed by atoms with Gasteiger partial charge in [-0.25, -0.2) is 4.79 Å². The van der Waals surface area contributed by atoms with Gasteiger partial charge in [0, 0.05) is 12.5 Å². The molecule has 1 aromatic carbocycles. The third kappa shape index (κ3) is 2.70. The molecule has 0 radical (unpaired) electrons. The smallest absolute Gasteiger partial charge is 0.396 e. The van der Waals surface area contributed by atoms with Gasteiger partial charge in [-0.15, -0.1) is 0 Å². The number of aryl methyl sites for hydroxylation is 1. The predicted molar refractivity (Wildman–Crippen MR) is 67.5 cm³/mol. The number of carbonyl (C=O) groups is 1. The Morgan fingerprint density at radius 1 is 1.50 bits per heavy atom. The van der Waals surface area contributed by atoms with Crippen LogP contribution >= 0.6 is 11.3 Å². The molecule has 0 unspecified atom stereocenters. The summed E-state index contributed by atoms with van der Waals surface area (Å²) in [5.41, 5.74) is 1.38. The van der Waals surface area contributed by atoms with Crippen LogP contribution in [0.15, 0.2) is 21.3 Å². The van der Waals surface area contributed by atoms with Crippen LogP contribution in [0.4, 0.5) is 0 Å². The topological polar surface area (TPSA) is 76.7 Å². The molecule has 1 N–H and O–H groups in total. The number of carboxylic acid groups (broad SMARTS) is 1. The summed E-state index contributed by atoms with van der Waals surface area (Å²) < 4.78 is 11.0. The molecule has 0 saturated carbocycles. The molecular formula is C12H12O5S. The first-order chi connectivity index (χ1) is 8.60. The Balaban J connectivity index is 2.29. The Morgan fingerprint density at radius 3 is 2.94 bits per heavy atom. The SMILES string of the molecule is COc1cc2sc(=O)oc2cc1CCCC(=O)O. The van der Waals surface area contributed by atoms with Gasteiger partial charge in [0.15, 0.2) is 0 Å². The number of hydrogen-bond acceptors (Lipinski definition) is 5. The molecule has 5 nitrogen and oxygen atoms in total. The summed E-state index contributed by atoms with van der Waals surface area (Å²) in [6.45, 7) is 0. The molecule has 0 bridgehead atoms. The third-order valence-corrected chi connectivity index (χ3v) is 3.36. The minimum Gasteiger partial charge on any atom is -0.496 e. The second-order valence-corrected chi connectivity index (χ2v) is 4.79. The van der Waals surface area contributed by atoms with Crippen LogP contribution in [0.1, 0.15) is 18.4 Å². The molecule has 1 heterocycles. The van der Waals surface area contributed by atoms with Crippen LogP contribution in [0, 0.1) is 0 Å². The zero-order valence-electron chi connectivity index (χ0n) is 9.76. The predicted octanol–water partition coefficient (Wildman–Crippen LogP) is 2.27. The molecule has 2 aromatic rings. The van der Waals surface area contributed by atoms with Gasteiger partial charge in [0.1, 0.15) is 11.3 Å². The second kappa shape index (κ2) is 5.22. The average Bonchev–Trinajstić information content (AvgIpc) is 2.66. The number of ether oxygens (including phenoxy) is 1. The number of methoxy groups -OCH3 is 1. The van der Waals surface area contributed by atoms with Crippen LogP contribution in [0.2, 0.25) is 0 Å². The van der Waals surface area contributed by atoms with E-state index >= 15 is 0 Å². The van der Waals surface area contributed by atoms with Crippen molar-refractivity contribution in [1.82, 2.24) is 0 Å². The van der Waals surface area contributed by atoms with Gasteiger partial charge in [-0.3, -0.25) is 4.79 Å². The van der Waals surface area contributed by atoms with Gasteiger partial charge in [-0.05, 0) is 24.5 Å². The van der Waals surface area contributed by atoms with E-state index < -0.39 is 5.97 Å². The average molecular weight is 268 g/mol. The van der Waals surface area contributed by atoms with Crippen LogP contribution < -0.4 is 9.68 Å². The Hall–Kier alpha value is -1.82. The Kier molecular flexibility index (Phi) is 3.66. The van der Waals surface area contributed by atoms with Gasteiger partial charge in [0.2, 0.25) is 0 Å². The van der Waals surface area contributed by atoms with Crippen LogP contribution in [-0.2, 0) is 11.2 Å². The molecule has 1 aromatic heterocycles. The van der Waals surface area contributed by atoms with Crippen LogP contribution in [-0.4, -0.2) is 18.2 Å². The summed E-state index contributed by atoms with van der Waals surface area (Å²) >= 11 is 1.02. The lowest BCUT2D eigenvalue weighted by atomic mass is 10.1. The number of benzene rings is 1. The molecule has 0 fully saturated rings. The highest BCUT2D eigenvalue weighted by Crippen LogP contribution is 2.28. The highest BCUT2D eigenvalue weighted by molar-refractivity contribution is 7.16. The monoisotopic (exact) mass is 268 g/mol. The van der Waals surface area contributed by atoms with Crippen molar-refractivity contribution in [2.75, 3.05) is 7.11 Å². The summed E-state index contributed by atoms with van der Waals surface area (Å²) in [6.07, 6.45) is 1.20. The summed E-state index contributed by atoms with van der Waals surface area (Å²) in [4.78, 5) is 21.3. The van der Waals surface area contributed by atoms with Crippen LogP contribution in [0.5, 0.6) is 5.75 Å². The van der Waals surface area contributed by atoms with Gasteiger partial charge in [0.05, 0.1) is 11.8 Å². The second-order valence-electron chi connectivity index (χ2n) is 3.81. The minimum absolute atomic E-state index is 0.106. The molecule has 0 amide bonds. The van der Waals surface area contributed by atoms with E-state index in [1.165, 1.54) is 0 Å². The first-order valence-electron chi connectivity index (χ1n) is 5.42. The normalized spacial score (nSPS) is 10.7. The lowest BCUT2D eigenvalue weighted by Crippen LogP contribution is -1.97. The first kappa shape index (κ1) is 12.6. The highest BCUT2D eigenvalue weighted by Gasteiger charge is 2.10. The zero-order chi connectivity index (χ0) is 13.1. The quantitative estimate of drug-likeness (QED) is 0.900. The molecule has 2 rings (SSSR count). The Bertz CT molecular complexity index is 625. The molecule has 0 aliphatic heterocycles. The van der Waals surface area contributed by atoms with Crippen molar-refractivity contribution < 1.29 is 19.1 Å². The molecule has 0 aliphatic rings. The maximum absolute atomic E-state index is 11.1. The van der Waals surface area contributed by atoms with Gasteiger partial charge in [-0.1, -0.05) is 11.3 Å². The van der Waals surface area contributed by atoms with E-state index in [-0.39, 0.29) is 11.4 Å². The van der Waals surface area contributed by atoms with Gasteiger partial charge in [-0.2, -0.15) is 0 Å². The van der Waals surface area contributed by atoms with Crippen molar-refractivity contribution in [2.24, 2.45) is 0 Å². The van der Waals surface area contributed by atoms with Gasteiger partial charge >= 0.3 is 10.9 Å². The van der Waals surface area contributed by atoms with Crippen molar-refractivity contribution in [3.63, 3.8) is 0 Å². The standard InChI is InChI=1S/C12H12O5S/c1-16-8-6-10-9(17-12(15)18-10)5-7(8)3-2-4-11(13)14/h5-6H,2-4H2,1H3,(H,13,14). The molecule has 0 atom stereocenters. The number of fused-ring (bicyclic) bond motifs is 1. The van der Waals surface area contributed by atoms with E-state index in [1.807, 2.05) is 0 Å². The molecule has 18 heavy (non-hydrogen) atoms. The van der Waals surface area contributed by atoms with Crippen molar-refractivity contribution in [3.05, 3.63) is 27.4 Å². The molecule has 96 valence electrons. The fraction of sp³-hybridized carbons (Fsp3) is 0.333. The Morgan fingerprint density at radius 2 is 2.28 bits per heavy atom. The Labute approximate surface area is 107 Å². The summed E-state index contributed by atoms with van der Waals surface area (Å²) in [6, 6.07) is 3.49. The fourth-order valence-electron chi connectivity index (χ4n) is 1.76. The fourth-order valence-corrected chi connectivity index (χ4v) is 2.44. The number of aliphatic carboxylic acids is 1. The largest absolute Gasteiger partial charge is 0.496 e. The van der Waals surface area contributed by atoms with Crippen molar-refractivity contribution in [2.45, 2.75) is 19.3 Å². The minimum atomic E-state index is -0.822. The lowest BCUT2D eigenvalue weighted by Gasteiger charge is -2.07. The van der Waals surface area contributed by atoms with Gasteiger partial charge in [0.25, 0.3) is 0 Å². The van der Waals surface area contributed by atoms with Crippen molar-refractivity contribution >= 4 is 27.6 Å². The molecule has 0 saturated heterocycles. The maximum atomic E-state index is 11.1. The summed E-state index contributed by atoms with van der Waals surface area (Å²) in [5, 5.41) is 8.60. The molecular weight excluding hydrogens is 256 g/mol.